The third-order valence-electron chi connectivity index (χ3n) is 3.87. The fraction of sp³-hybridized carbons (Fsp3) is 0.467. The number of ketones is 1. The van der Waals surface area contributed by atoms with Crippen molar-refractivity contribution in [3.05, 3.63) is 29.8 Å². The van der Waals surface area contributed by atoms with Gasteiger partial charge in [0.2, 0.25) is 5.91 Å². The second-order valence-electron chi connectivity index (χ2n) is 5.18. The molecule has 0 atom stereocenters. The van der Waals surface area contributed by atoms with Crippen LogP contribution in [0.15, 0.2) is 24.3 Å². The van der Waals surface area contributed by atoms with E-state index >= 15 is 0 Å². The molecule has 3 N–H and O–H groups in total. The Morgan fingerprint density at radius 1 is 1.25 bits per heavy atom. The first-order valence-electron chi connectivity index (χ1n) is 6.78. The number of benzene rings is 1. The third kappa shape index (κ3) is 3.05. The predicted molar refractivity (Wildman–Crippen MR) is 76.6 cm³/mol. The molecule has 0 aromatic heterocycles. The molecule has 1 aromatic rings. The van der Waals surface area contributed by atoms with E-state index < -0.39 is 5.41 Å². The number of nitrogens with one attached hydrogen (secondary N) is 1. The summed E-state index contributed by atoms with van der Waals surface area (Å²) in [4.78, 5) is 23.6. The number of ether oxygens (including phenoxy) is 1. The van der Waals surface area contributed by atoms with Crippen molar-refractivity contribution in [1.82, 2.24) is 0 Å². The van der Waals surface area contributed by atoms with Gasteiger partial charge in [-0.15, -0.1) is 0 Å². The summed E-state index contributed by atoms with van der Waals surface area (Å²) in [6.45, 7) is 2.95. The van der Waals surface area contributed by atoms with E-state index in [2.05, 4.69) is 5.32 Å². The number of hydrogen-bond acceptors (Lipinski definition) is 4. The van der Waals surface area contributed by atoms with E-state index in [-0.39, 0.29) is 11.7 Å². The monoisotopic (exact) mass is 276 g/mol. The Balaban J connectivity index is 2.08. The molecule has 0 spiro atoms. The Morgan fingerprint density at radius 3 is 2.35 bits per heavy atom. The molecule has 1 aliphatic rings. The fourth-order valence-electron chi connectivity index (χ4n) is 2.34. The number of rotatable bonds is 4. The number of amides is 1. The second kappa shape index (κ2) is 6.15. The van der Waals surface area contributed by atoms with E-state index in [1.165, 1.54) is 6.92 Å². The molecule has 1 saturated heterocycles. The normalized spacial score (nSPS) is 17.5. The molecule has 0 aliphatic carbocycles. The Hall–Kier alpha value is -1.72. The standard InChI is InChI=1S/C15H20N2O3/c1-11(18)12-2-4-13(5-3-12)17-14(19)15(10-16)6-8-20-9-7-15/h2-5H,6-10,16H2,1H3,(H,17,19). The molecular weight excluding hydrogens is 256 g/mol. The number of carbonyl (C=O) groups is 2. The second-order valence-corrected chi connectivity index (χ2v) is 5.18. The number of hydrogen-bond donors (Lipinski definition) is 2. The minimum absolute atomic E-state index is 0.00531. The van der Waals surface area contributed by atoms with Crippen LogP contribution in [-0.2, 0) is 9.53 Å². The van der Waals surface area contributed by atoms with Crippen LogP contribution in [0.3, 0.4) is 0 Å². The largest absolute Gasteiger partial charge is 0.381 e. The highest BCUT2D eigenvalue weighted by Gasteiger charge is 2.38. The number of Topliss-reactive ketones (excluding diaryl/α,β-unsaturated/α-hetero) is 1. The van der Waals surface area contributed by atoms with Crippen molar-refractivity contribution in [3.8, 4) is 0 Å². The van der Waals surface area contributed by atoms with Gasteiger partial charge in [0.05, 0.1) is 5.41 Å². The molecule has 0 radical (unpaired) electrons. The summed E-state index contributed by atoms with van der Waals surface area (Å²) in [5.74, 6) is -0.0652. The Bertz CT molecular complexity index is 490. The molecule has 1 aliphatic heterocycles. The van der Waals surface area contributed by atoms with Gasteiger partial charge in [0, 0.05) is 31.0 Å². The number of nitrogens with two attached hydrogens (primary N) is 1. The lowest BCUT2D eigenvalue weighted by Crippen LogP contribution is -2.46. The molecule has 2 rings (SSSR count). The first-order valence-corrected chi connectivity index (χ1v) is 6.78. The fourth-order valence-corrected chi connectivity index (χ4v) is 2.34. The van der Waals surface area contributed by atoms with Gasteiger partial charge in [-0.25, -0.2) is 0 Å². The average molecular weight is 276 g/mol. The van der Waals surface area contributed by atoms with Gasteiger partial charge < -0.3 is 15.8 Å². The summed E-state index contributed by atoms with van der Waals surface area (Å²) >= 11 is 0. The average Bonchev–Trinajstić information content (AvgIpc) is 2.48. The highest BCUT2D eigenvalue weighted by molar-refractivity contribution is 5.97. The van der Waals surface area contributed by atoms with Crippen LogP contribution in [0.5, 0.6) is 0 Å². The van der Waals surface area contributed by atoms with Crippen molar-refractivity contribution in [2.75, 3.05) is 25.1 Å². The van der Waals surface area contributed by atoms with Crippen LogP contribution in [0, 0.1) is 5.41 Å². The molecule has 20 heavy (non-hydrogen) atoms. The lowest BCUT2D eigenvalue weighted by molar-refractivity contribution is -0.130. The lowest BCUT2D eigenvalue weighted by Gasteiger charge is -2.34. The molecule has 1 heterocycles. The van der Waals surface area contributed by atoms with Crippen LogP contribution in [0.4, 0.5) is 5.69 Å². The number of anilines is 1. The smallest absolute Gasteiger partial charge is 0.232 e. The molecule has 1 amide bonds. The minimum Gasteiger partial charge on any atom is -0.381 e. The van der Waals surface area contributed by atoms with Crippen molar-refractivity contribution in [2.45, 2.75) is 19.8 Å². The molecule has 5 heteroatoms. The molecule has 1 aromatic carbocycles. The summed E-state index contributed by atoms with van der Waals surface area (Å²) in [5.41, 5.74) is 6.56. The van der Waals surface area contributed by atoms with Crippen molar-refractivity contribution in [1.29, 1.82) is 0 Å². The van der Waals surface area contributed by atoms with Gasteiger partial charge >= 0.3 is 0 Å². The number of carbonyl (C=O) groups excluding carboxylic acids is 2. The van der Waals surface area contributed by atoms with E-state index in [9.17, 15) is 9.59 Å². The van der Waals surface area contributed by atoms with E-state index in [1.807, 2.05) is 0 Å². The highest BCUT2D eigenvalue weighted by atomic mass is 16.5. The molecule has 0 saturated carbocycles. The summed E-state index contributed by atoms with van der Waals surface area (Å²) in [5, 5.41) is 2.88. The molecular formula is C15H20N2O3. The van der Waals surface area contributed by atoms with E-state index in [0.717, 1.165) is 0 Å². The van der Waals surface area contributed by atoms with Gasteiger partial charge in [0.1, 0.15) is 0 Å². The topological polar surface area (TPSA) is 81.4 Å². The SMILES string of the molecule is CC(=O)c1ccc(NC(=O)C2(CN)CCOCC2)cc1. The molecule has 5 nitrogen and oxygen atoms in total. The van der Waals surface area contributed by atoms with Gasteiger partial charge in [0.25, 0.3) is 0 Å². The van der Waals surface area contributed by atoms with Gasteiger partial charge in [-0.2, -0.15) is 0 Å². The first kappa shape index (κ1) is 14.7. The van der Waals surface area contributed by atoms with Crippen molar-refractivity contribution < 1.29 is 14.3 Å². The first-order chi connectivity index (χ1) is 9.57. The van der Waals surface area contributed by atoms with E-state index in [4.69, 9.17) is 10.5 Å². The predicted octanol–water partition coefficient (Wildman–Crippen LogP) is 1.58. The Labute approximate surface area is 118 Å². The van der Waals surface area contributed by atoms with Crippen molar-refractivity contribution in [2.24, 2.45) is 11.1 Å². The summed E-state index contributed by atoms with van der Waals surface area (Å²) in [6, 6.07) is 6.88. The summed E-state index contributed by atoms with van der Waals surface area (Å²) < 4.78 is 5.30. The van der Waals surface area contributed by atoms with Crippen LogP contribution in [0.1, 0.15) is 30.1 Å². The van der Waals surface area contributed by atoms with Crippen LogP contribution >= 0.6 is 0 Å². The Kier molecular flexibility index (Phi) is 4.52. The minimum atomic E-state index is -0.544. The third-order valence-corrected chi connectivity index (χ3v) is 3.87. The van der Waals surface area contributed by atoms with Gasteiger partial charge in [-0.1, -0.05) is 0 Å². The molecule has 108 valence electrons. The zero-order valence-corrected chi connectivity index (χ0v) is 11.6. The van der Waals surface area contributed by atoms with Crippen LogP contribution in [-0.4, -0.2) is 31.4 Å². The van der Waals surface area contributed by atoms with E-state index in [0.29, 0.717) is 43.9 Å². The zero-order chi connectivity index (χ0) is 14.6. The maximum atomic E-state index is 12.4. The van der Waals surface area contributed by atoms with Gasteiger partial charge in [-0.05, 0) is 44.0 Å². The van der Waals surface area contributed by atoms with Gasteiger partial charge in [0.15, 0.2) is 5.78 Å². The quantitative estimate of drug-likeness (QED) is 0.818. The maximum Gasteiger partial charge on any atom is 0.232 e. The lowest BCUT2D eigenvalue weighted by atomic mass is 9.79. The van der Waals surface area contributed by atoms with Gasteiger partial charge in [-0.3, -0.25) is 9.59 Å². The van der Waals surface area contributed by atoms with Crippen molar-refractivity contribution in [3.63, 3.8) is 0 Å². The molecule has 1 fully saturated rings. The summed E-state index contributed by atoms with van der Waals surface area (Å²) in [6.07, 6.45) is 1.28. The zero-order valence-electron chi connectivity index (χ0n) is 11.6. The van der Waals surface area contributed by atoms with Crippen molar-refractivity contribution >= 4 is 17.4 Å². The van der Waals surface area contributed by atoms with Crippen LogP contribution < -0.4 is 11.1 Å². The Morgan fingerprint density at radius 2 is 1.85 bits per heavy atom. The maximum absolute atomic E-state index is 12.4. The van der Waals surface area contributed by atoms with E-state index in [1.54, 1.807) is 24.3 Å². The highest BCUT2D eigenvalue weighted by Crippen LogP contribution is 2.30. The molecule has 0 unspecified atom stereocenters. The van der Waals surface area contributed by atoms with Crippen LogP contribution in [0.2, 0.25) is 0 Å². The van der Waals surface area contributed by atoms with Crippen LogP contribution in [0.25, 0.3) is 0 Å². The molecule has 0 bridgehead atoms. The summed E-state index contributed by atoms with van der Waals surface area (Å²) in [7, 11) is 0.